The van der Waals surface area contributed by atoms with Gasteiger partial charge in [-0.15, -0.1) is 0 Å². The molecule has 1 N–H and O–H groups in total. The Labute approximate surface area is 154 Å². The number of hydrogen-bond acceptors (Lipinski definition) is 4. The van der Waals surface area contributed by atoms with Crippen molar-refractivity contribution >= 4 is 5.91 Å². The van der Waals surface area contributed by atoms with Gasteiger partial charge in [0.15, 0.2) is 0 Å². The number of allylic oxidation sites excluding steroid dienone is 2. The molecule has 6 heteroatoms. The van der Waals surface area contributed by atoms with Crippen molar-refractivity contribution in [3.8, 4) is 0 Å². The summed E-state index contributed by atoms with van der Waals surface area (Å²) in [5, 5.41) is 7.84. The molecule has 0 spiro atoms. The van der Waals surface area contributed by atoms with Crippen molar-refractivity contribution in [2.45, 2.75) is 51.2 Å². The van der Waals surface area contributed by atoms with Crippen molar-refractivity contribution in [1.82, 2.24) is 15.1 Å². The van der Waals surface area contributed by atoms with Gasteiger partial charge in [0.1, 0.15) is 6.10 Å². The standard InChI is InChI=1S/C20H29N3O3/c24-19(11-15-3-1-2-4-15)21-12-18-20-17(7-10-26-18)14-23(22-20)13-16-5-8-25-9-6-16/h1,3,14-16,18H,2,4-13H2,(H,21,24)/t15-,18+/m0/s1. The minimum atomic E-state index is -0.127. The van der Waals surface area contributed by atoms with E-state index in [2.05, 4.69) is 28.3 Å². The van der Waals surface area contributed by atoms with E-state index >= 15 is 0 Å². The summed E-state index contributed by atoms with van der Waals surface area (Å²) < 4.78 is 13.4. The molecular formula is C20H29N3O3. The summed E-state index contributed by atoms with van der Waals surface area (Å²) >= 11 is 0. The predicted octanol–water partition coefficient (Wildman–Crippen LogP) is 2.40. The SMILES string of the molecule is O=C(C[C@H]1C=CCC1)NC[C@H]1OCCc2cn(CC3CCOCC3)nc21. The van der Waals surface area contributed by atoms with Crippen molar-refractivity contribution in [1.29, 1.82) is 0 Å². The number of rotatable bonds is 6. The molecule has 1 aromatic rings. The van der Waals surface area contributed by atoms with E-state index in [4.69, 9.17) is 14.6 Å². The first kappa shape index (κ1) is 17.7. The molecule has 4 rings (SSSR count). The maximum atomic E-state index is 12.2. The Morgan fingerprint density at radius 2 is 2.15 bits per heavy atom. The number of amides is 1. The molecule has 0 radical (unpaired) electrons. The van der Waals surface area contributed by atoms with Crippen molar-refractivity contribution in [3.63, 3.8) is 0 Å². The summed E-state index contributed by atoms with van der Waals surface area (Å²) in [5.41, 5.74) is 2.27. The minimum Gasteiger partial charge on any atom is -0.381 e. The monoisotopic (exact) mass is 359 g/mol. The molecule has 0 bridgehead atoms. The maximum Gasteiger partial charge on any atom is 0.220 e. The van der Waals surface area contributed by atoms with Crippen LogP contribution in [0.2, 0.25) is 0 Å². The summed E-state index contributed by atoms with van der Waals surface area (Å²) in [7, 11) is 0. The lowest BCUT2D eigenvalue weighted by molar-refractivity contribution is -0.122. The second kappa shape index (κ2) is 8.35. The van der Waals surface area contributed by atoms with Crippen LogP contribution in [-0.2, 0) is 27.2 Å². The largest absolute Gasteiger partial charge is 0.381 e. The Balaban J connectivity index is 1.32. The van der Waals surface area contributed by atoms with Gasteiger partial charge in [-0.25, -0.2) is 0 Å². The van der Waals surface area contributed by atoms with Gasteiger partial charge in [-0.1, -0.05) is 12.2 Å². The van der Waals surface area contributed by atoms with Crippen LogP contribution in [0.4, 0.5) is 0 Å². The van der Waals surface area contributed by atoms with E-state index in [9.17, 15) is 4.79 Å². The first-order valence-corrected chi connectivity index (χ1v) is 9.97. The quantitative estimate of drug-likeness (QED) is 0.792. The van der Waals surface area contributed by atoms with Gasteiger partial charge in [0.05, 0.1) is 12.3 Å². The third-order valence-electron chi connectivity index (χ3n) is 5.70. The van der Waals surface area contributed by atoms with Gasteiger partial charge in [-0.2, -0.15) is 5.10 Å². The van der Waals surface area contributed by atoms with E-state index in [-0.39, 0.29) is 12.0 Å². The van der Waals surface area contributed by atoms with Gasteiger partial charge in [-0.05, 0) is 49.5 Å². The second-order valence-electron chi connectivity index (χ2n) is 7.70. The highest BCUT2D eigenvalue weighted by molar-refractivity contribution is 5.76. The van der Waals surface area contributed by atoms with Crippen molar-refractivity contribution < 1.29 is 14.3 Å². The summed E-state index contributed by atoms with van der Waals surface area (Å²) in [6.45, 7) is 3.88. The van der Waals surface area contributed by atoms with Crippen LogP contribution in [0.1, 0.15) is 49.5 Å². The average Bonchev–Trinajstić information content (AvgIpc) is 3.30. The van der Waals surface area contributed by atoms with Crippen LogP contribution in [0, 0.1) is 11.8 Å². The average molecular weight is 359 g/mol. The maximum absolute atomic E-state index is 12.2. The van der Waals surface area contributed by atoms with Gasteiger partial charge < -0.3 is 14.8 Å². The van der Waals surface area contributed by atoms with Crippen LogP contribution in [0.15, 0.2) is 18.3 Å². The Kier molecular flexibility index (Phi) is 5.70. The van der Waals surface area contributed by atoms with Crippen LogP contribution < -0.4 is 5.32 Å². The topological polar surface area (TPSA) is 65.4 Å². The van der Waals surface area contributed by atoms with Crippen LogP contribution in [0.3, 0.4) is 0 Å². The summed E-state index contributed by atoms with van der Waals surface area (Å²) in [6.07, 6.45) is 12.3. The lowest BCUT2D eigenvalue weighted by Gasteiger charge is -2.22. The zero-order valence-electron chi connectivity index (χ0n) is 15.4. The van der Waals surface area contributed by atoms with Gasteiger partial charge in [0.25, 0.3) is 0 Å². The Morgan fingerprint density at radius 1 is 1.27 bits per heavy atom. The van der Waals surface area contributed by atoms with E-state index in [1.807, 2.05) is 0 Å². The molecule has 142 valence electrons. The fourth-order valence-corrected chi connectivity index (χ4v) is 4.16. The summed E-state index contributed by atoms with van der Waals surface area (Å²) in [6, 6.07) is 0. The van der Waals surface area contributed by atoms with Gasteiger partial charge in [-0.3, -0.25) is 9.48 Å². The normalized spacial score (nSPS) is 26.0. The number of aromatic nitrogens is 2. The minimum absolute atomic E-state index is 0.110. The van der Waals surface area contributed by atoms with Crippen molar-refractivity contribution in [2.75, 3.05) is 26.4 Å². The first-order chi connectivity index (χ1) is 12.8. The van der Waals surface area contributed by atoms with Crippen LogP contribution in [0.25, 0.3) is 0 Å². The smallest absolute Gasteiger partial charge is 0.220 e. The molecule has 6 nitrogen and oxygen atoms in total. The van der Waals surface area contributed by atoms with E-state index < -0.39 is 0 Å². The highest BCUT2D eigenvalue weighted by Crippen LogP contribution is 2.27. The number of ether oxygens (including phenoxy) is 2. The molecule has 0 unspecified atom stereocenters. The lowest BCUT2D eigenvalue weighted by atomic mass is 10.0. The molecule has 1 saturated heterocycles. The molecular weight excluding hydrogens is 330 g/mol. The summed E-state index contributed by atoms with van der Waals surface area (Å²) in [4.78, 5) is 12.2. The molecule has 3 aliphatic rings. The van der Waals surface area contributed by atoms with E-state index in [1.165, 1.54) is 5.56 Å². The predicted molar refractivity (Wildman–Crippen MR) is 97.7 cm³/mol. The number of carbonyl (C=O) groups excluding carboxylic acids is 1. The molecule has 0 aromatic carbocycles. The lowest BCUT2D eigenvalue weighted by Crippen LogP contribution is -2.32. The molecule has 3 heterocycles. The van der Waals surface area contributed by atoms with Gasteiger partial charge in [0, 0.05) is 38.9 Å². The van der Waals surface area contributed by atoms with E-state index in [1.54, 1.807) is 0 Å². The zero-order chi connectivity index (χ0) is 17.8. The molecule has 1 fully saturated rings. The number of nitrogens with one attached hydrogen (secondary N) is 1. The zero-order valence-corrected chi connectivity index (χ0v) is 15.4. The molecule has 2 aliphatic heterocycles. The van der Waals surface area contributed by atoms with Crippen molar-refractivity contribution in [3.05, 3.63) is 29.6 Å². The molecule has 1 aromatic heterocycles. The number of carbonyl (C=O) groups is 1. The fraction of sp³-hybridized carbons (Fsp3) is 0.700. The van der Waals surface area contributed by atoms with Crippen LogP contribution in [-0.4, -0.2) is 42.1 Å². The molecule has 2 atom stereocenters. The first-order valence-electron chi connectivity index (χ1n) is 9.97. The number of hydrogen-bond donors (Lipinski definition) is 1. The second-order valence-corrected chi connectivity index (χ2v) is 7.70. The Morgan fingerprint density at radius 3 is 2.96 bits per heavy atom. The molecule has 1 amide bonds. The number of fused-ring (bicyclic) bond motifs is 1. The molecule has 1 aliphatic carbocycles. The van der Waals surface area contributed by atoms with Crippen molar-refractivity contribution in [2.24, 2.45) is 11.8 Å². The molecule has 0 saturated carbocycles. The van der Waals surface area contributed by atoms with E-state index in [0.717, 1.165) is 57.6 Å². The van der Waals surface area contributed by atoms with Gasteiger partial charge >= 0.3 is 0 Å². The van der Waals surface area contributed by atoms with Gasteiger partial charge in [0.2, 0.25) is 5.91 Å². The number of nitrogens with zero attached hydrogens (tertiary/aromatic N) is 2. The fourth-order valence-electron chi connectivity index (χ4n) is 4.16. The molecule has 26 heavy (non-hydrogen) atoms. The third-order valence-corrected chi connectivity index (χ3v) is 5.70. The summed E-state index contributed by atoms with van der Waals surface area (Å²) in [5.74, 6) is 1.15. The highest BCUT2D eigenvalue weighted by atomic mass is 16.5. The van der Waals surface area contributed by atoms with Crippen LogP contribution >= 0.6 is 0 Å². The highest BCUT2D eigenvalue weighted by Gasteiger charge is 2.26. The Hall–Kier alpha value is -1.66. The van der Waals surface area contributed by atoms with E-state index in [0.29, 0.717) is 31.4 Å². The Bertz CT molecular complexity index is 649. The van der Waals surface area contributed by atoms with Crippen LogP contribution in [0.5, 0.6) is 0 Å². The third kappa shape index (κ3) is 4.35.